The summed E-state index contributed by atoms with van der Waals surface area (Å²) in [6.45, 7) is 1.41. The number of nitrogens with zero attached hydrogens (tertiary/aromatic N) is 1. The van der Waals surface area contributed by atoms with Gasteiger partial charge >= 0.3 is 0 Å². The van der Waals surface area contributed by atoms with E-state index in [2.05, 4.69) is 28.5 Å². The van der Waals surface area contributed by atoms with Crippen molar-refractivity contribution in [2.24, 2.45) is 0 Å². The van der Waals surface area contributed by atoms with Gasteiger partial charge in [-0.15, -0.1) is 0 Å². The van der Waals surface area contributed by atoms with E-state index in [0.29, 0.717) is 6.61 Å². The molecule has 2 aromatic carbocycles. The average molecular weight is 278 g/mol. The number of ether oxygens (including phenoxy) is 1. The number of rotatable bonds is 5. The number of pyridine rings is 1. The van der Waals surface area contributed by atoms with Gasteiger partial charge in [0.2, 0.25) is 0 Å². The molecular formula is C18H18N2O. The fourth-order valence-corrected chi connectivity index (χ4v) is 2.36. The summed E-state index contributed by atoms with van der Waals surface area (Å²) in [6, 6.07) is 18.3. The molecular weight excluding hydrogens is 260 g/mol. The molecule has 0 aliphatic rings. The third-order valence-corrected chi connectivity index (χ3v) is 3.46. The minimum Gasteiger partial charge on any atom is -0.489 e. The highest BCUT2D eigenvalue weighted by molar-refractivity contribution is 5.79. The Balaban J connectivity index is 1.77. The van der Waals surface area contributed by atoms with Crippen molar-refractivity contribution >= 4 is 10.9 Å². The second-order valence-electron chi connectivity index (χ2n) is 4.95. The minimum atomic E-state index is 0.566. The van der Waals surface area contributed by atoms with Crippen molar-refractivity contribution in [1.82, 2.24) is 10.3 Å². The highest BCUT2D eigenvalue weighted by Gasteiger charge is 2.03. The van der Waals surface area contributed by atoms with Gasteiger partial charge in [-0.25, -0.2) is 0 Å². The fraction of sp³-hybridized carbons (Fsp3) is 0.167. The number of aromatic nitrogens is 1. The molecule has 1 N–H and O–H groups in total. The molecule has 0 aliphatic heterocycles. The van der Waals surface area contributed by atoms with E-state index in [1.165, 1.54) is 11.1 Å². The normalized spacial score (nSPS) is 10.7. The highest BCUT2D eigenvalue weighted by atomic mass is 16.5. The standard InChI is InChI=1S/C18H18N2O/c1-19-12-15-5-2-3-6-16(15)13-21-17-9-8-14-7-4-10-20-18(14)11-17/h2-11,19H,12-13H2,1H3. The van der Waals surface area contributed by atoms with E-state index in [-0.39, 0.29) is 0 Å². The number of benzene rings is 2. The van der Waals surface area contributed by atoms with Crippen LogP contribution in [-0.2, 0) is 13.2 Å². The van der Waals surface area contributed by atoms with Crippen molar-refractivity contribution in [3.8, 4) is 5.75 Å². The van der Waals surface area contributed by atoms with E-state index in [1.807, 2.05) is 43.4 Å². The van der Waals surface area contributed by atoms with Crippen molar-refractivity contribution < 1.29 is 4.74 Å². The fourth-order valence-electron chi connectivity index (χ4n) is 2.36. The van der Waals surface area contributed by atoms with Crippen molar-refractivity contribution in [2.75, 3.05) is 7.05 Å². The Labute approximate surface area is 124 Å². The SMILES string of the molecule is CNCc1ccccc1COc1ccc2cccnc2c1. The summed E-state index contributed by atoms with van der Waals surface area (Å²) in [5.74, 6) is 0.848. The maximum Gasteiger partial charge on any atom is 0.122 e. The van der Waals surface area contributed by atoms with Crippen LogP contribution in [0.1, 0.15) is 11.1 Å². The molecule has 0 bridgehead atoms. The Kier molecular flexibility index (Phi) is 4.12. The molecule has 3 heteroatoms. The van der Waals surface area contributed by atoms with E-state index in [9.17, 15) is 0 Å². The second-order valence-corrected chi connectivity index (χ2v) is 4.95. The lowest BCUT2D eigenvalue weighted by atomic mass is 10.1. The van der Waals surface area contributed by atoms with Gasteiger partial charge in [-0.1, -0.05) is 30.3 Å². The Hall–Kier alpha value is -2.39. The zero-order valence-corrected chi connectivity index (χ0v) is 12.0. The van der Waals surface area contributed by atoms with Crippen molar-refractivity contribution in [3.63, 3.8) is 0 Å². The van der Waals surface area contributed by atoms with Crippen molar-refractivity contribution in [3.05, 3.63) is 71.9 Å². The van der Waals surface area contributed by atoms with Gasteiger partial charge in [0.25, 0.3) is 0 Å². The molecule has 0 saturated carbocycles. The molecule has 3 rings (SSSR count). The summed E-state index contributed by atoms with van der Waals surface area (Å²) < 4.78 is 5.92. The quantitative estimate of drug-likeness (QED) is 0.775. The average Bonchev–Trinajstić information content (AvgIpc) is 2.54. The number of fused-ring (bicyclic) bond motifs is 1. The molecule has 3 nitrogen and oxygen atoms in total. The van der Waals surface area contributed by atoms with Crippen LogP contribution >= 0.6 is 0 Å². The first-order valence-corrected chi connectivity index (χ1v) is 7.06. The Morgan fingerprint density at radius 2 is 1.86 bits per heavy atom. The highest BCUT2D eigenvalue weighted by Crippen LogP contribution is 2.20. The van der Waals surface area contributed by atoms with Gasteiger partial charge in [0, 0.05) is 24.2 Å². The van der Waals surface area contributed by atoms with E-state index < -0.39 is 0 Å². The molecule has 21 heavy (non-hydrogen) atoms. The van der Waals surface area contributed by atoms with Crippen LogP contribution in [0, 0.1) is 0 Å². The molecule has 1 aromatic heterocycles. The van der Waals surface area contributed by atoms with Gasteiger partial charge in [0.15, 0.2) is 0 Å². The summed E-state index contributed by atoms with van der Waals surface area (Å²) in [5.41, 5.74) is 3.42. The van der Waals surface area contributed by atoms with E-state index >= 15 is 0 Å². The lowest BCUT2D eigenvalue weighted by Gasteiger charge is -2.11. The molecule has 0 spiro atoms. The van der Waals surface area contributed by atoms with Gasteiger partial charge in [0.1, 0.15) is 12.4 Å². The first-order valence-electron chi connectivity index (χ1n) is 7.06. The molecule has 0 amide bonds. The molecule has 0 saturated heterocycles. The van der Waals surface area contributed by atoms with Crippen LogP contribution in [0.3, 0.4) is 0 Å². The van der Waals surface area contributed by atoms with E-state index in [1.54, 1.807) is 6.20 Å². The molecule has 0 radical (unpaired) electrons. The van der Waals surface area contributed by atoms with Crippen LogP contribution in [0.5, 0.6) is 5.75 Å². The van der Waals surface area contributed by atoms with Gasteiger partial charge in [-0.2, -0.15) is 0 Å². The molecule has 0 fully saturated rings. The van der Waals surface area contributed by atoms with Crippen LogP contribution in [0.25, 0.3) is 10.9 Å². The predicted octanol–water partition coefficient (Wildman–Crippen LogP) is 3.53. The Bertz CT molecular complexity index is 740. The van der Waals surface area contributed by atoms with Crippen molar-refractivity contribution in [2.45, 2.75) is 13.2 Å². The Morgan fingerprint density at radius 1 is 1.00 bits per heavy atom. The maximum absolute atomic E-state index is 5.92. The van der Waals surface area contributed by atoms with Crippen LogP contribution < -0.4 is 10.1 Å². The van der Waals surface area contributed by atoms with Crippen LogP contribution in [0.4, 0.5) is 0 Å². The van der Waals surface area contributed by atoms with E-state index in [0.717, 1.165) is 23.2 Å². The lowest BCUT2D eigenvalue weighted by molar-refractivity contribution is 0.305. The zero-order valence-electron chi connectivity index (χ0n) is 12.0. The molecule has 3 aromatic rings. The van der Waals surface area contributed by atoms with Crippen LogP contribution in [0.2, 0.25) is 0 Å². The number of hydrogen-bond donors (Lipinski definition) is 1. The summed E-state index contributed by atoms with van der Waals surface area (Å²) in [4.78, 5) is 4.35. The van der Waals surface area contributed by atoms with Gasteiger partial charge in [-0.3, -0.25) is 4.98 Å². The summed E-state index contributed by atoms with van der Waals surface area (Å²) in [6.07, 6.45) is 1.80. The van der Waals surface area contributed by atoms with Gasteiger partial charge < -0.3 is 10.1 Å². The zero-order chi connectivity index (χ0) is 14.5. The first-order chi connectivity index (χ1) is 10.4. The molecule has 0 aliphatic carbocycles. The topological polar surface area (TPSA) is 34.1 Å². The van der Waals surface area contributed by atoms with E-state index in [4.69, 9.17) is 4.74 Å². The largest absolute Gasteiger partial charge is 0.489 e. The second kappa shape index (κ2) is 6.37. The maximum atomic E-state index is 5.92. The van der Waals surface area contributed by atoms with Crippen molar-refractivity contribution in [1.29, 1.82) is 0 Å². The molecule has 1 heterocycles. The summed E-state index contributed by atoms with van der Waals surface area (Å²) in [7, 11) is 1.95. The smallest absolute Gasteiger partial charge is 0.122 e. The summed E-state index contributed by atoms with van der Waals surface area (Å²) >= 11 is 0. The molecule has 106 valence electrons. The third-order valence-electron chi connectivity index (χ3n) is 3.46. The number of nitrogens with one attached hydrogen (secondary N) is 1. The minimum absolute atomic E-state index is 0.566. The van der Waals surface area contributed by atoms with Gasteiger partial charge in [0.05, 0.1) is 5.52 Å². The Morgan fingerprint density at radius 3 is 2.71 bits per heavy atom. The predicted molar refractivity (Wildman–Crippen MR) is 85.3 cm³/mol. The summed E-state index contributed by atoms with van der Waals surface area (Å²) in [5, 5.41) is 4.31. The monoisotopic (exact) mass is 278 g/mol. The number of hydrogen-bond acceptors (Lipinski definition) is 3. The first kappa shape index (κ1) is 13.6. The third kappa shape index (κ3) is 3.20. The van der Waals surface area contributed by atoms with Crippen LogP contribution in [0.15, 0.2) is 60.8 Å². The molecule has 0 atom stereocenters. The van der Waals surface area contributed by atoms with Crippen LogP contribution in [-0.4, -0.2) is 12.0 Å². The van der Waals surface area contributed by atoms with Gasteiger partial charge in [-0.05, 0) is 36.4 Å². The lowest BCUT2D eigenvalue weighted by Crippen LogP contribution is -2.09. The molecule has 0 unspecified atom stereocenters.